The summed E-state index contributed by atoms with van der Waals surface area (Å²) in [6.07, 6.45) is 1.58. The Hall–Kier alpha value is -0.740. The van der Waals surface area contributed by atoms with Gasteiger partial charge in [-0.25, -0.2) is 0 Å². The first-order chi connectivity index (χ1) is 8.46. The van der Waals surface area contributed by atoms with Crippen molar-refractivity contribution in [3.05, 3.63) is 33.3 Å². The highest BCUT2D eigenvalue weighted by Gasteiger charge is 2.36. The average molecular weight is 324 g/mol. The minimum Gasteiger partial charge on any atom is -0.356 e. The highest BCUT2D eigenvalue weighted by molar-refractivity contribution is 9.10. The number of ketones is 1. The quantitative estimate of drug-likeness (QED) is 0.758. The molecule has 1 aromatic rings. The minimum atomic E-state index is 0.0578. The van der Waals surface area contributed by atoms with Crippen LogP contribution >= 0.6 is 27.7 Å². The Morgan fingerprint density at radius 2 is 2.11 bits per heavy atom. The molecule has 1 aliphatic carbocycles. The van der Waals surface area contributed by atoms with Crippen LogP contribution in [0.1, 0.15) is 26.7 Å². The molecule has 0 atom stereocenters. The van der Waals surface area contributed by atoms with Gasteiger partial charge in [0.1, 0.15) is 0 Å². The Labute approximate surface area is 119 Å². The SMILES string of the molecule is CC1(C)CC(=O)C2=C(C1)Nc1c(Br)cccc1S2. The van der Waals surface area contributed by atoms with Crippen LogP contribution in [0.3, 0.4) is 0 Å². The van der Waals surface area contributed by atoms with Crippen molar-refractivity contribution in [3.63, 3.8) is 0 Å². The van der Waals surface area contributed by atoms with Gasteiger partial charge in [-0.1, -0.05) is 31.7 Å². The van der Waals surface area contributed by atoms with Crippen LogP contribution in [-0.2, 0) is 4.79 Å². The normalized spacial score (nSPS) is 21.2. The molecule has 0 saturated carbocycles. The molecule has 94 valence electrons. The standard InChI is InChI=1S/C14H14BrNOS/c1-14(2)6-9-13(10(17)7-14)18-11-5-3-4-8(15)12(11)16-9/h3-5,16H,6-7H2,1-2H3. The predicted molar refractivity (Wildman–Crippen MR) is 78.7 cm³/mol. The number of carbonyl (C=O) groups excluding carboxylic acids is 1. The number of rotatable bonds is 0. The molecule has 2 aliphatic rings. The third kappa shape index (κ3) is 2.01. The highest BCUT2D eigenvalue weighted by atomic mass is 79.9. The molecule has 1 aliphatic heterocycles. The van der Waals surface area contributed by atoms with Crippen LogP contribution < -0.4 is 5.32 Å². The van der Waals surface area contributed by atoms with Crippen LogP contribution in [0.25, 0.3) is 0 Å². The van der Waals surface area contributed by atoms with E-state index < -0.39 is 0 Å². The van der Waals surface area contributed by atoms with Gasteiger partial charge < -0.3 is 5.32 Å². The molecular weight excluding hydrogens is 310 g/mol. The first-order valence-electron chi connectivity index (χ1n) is 5.96. The van der Waals surface area contributed by atoms with Gasteiger partial charge in [0, 0.05) is 21.5 Å². The summed E-state index contributed by atoms with van der Waals surface area (Å²) in [6.45, 7) is 4.30. The zero-order chi connectivity index (χ0) is 12.9. The molecule has 3 rings (SSSR count). The highest BCUT2D eigenvalue weighted by Crippen LogP contribution is 2.49. The molecule has 0 radical (unpaired) electrons. The second-order valence-corrected chi connectivity index (χ2v) is 7.50. The summed E-state index contributed by atoms with van der Waals surface area (Å²) >= 11 is 5.16. The number of halogens is 1. The van der Waals surface area contributed by atoms with Crippen molar-refractivity contribution in [1.29, 1.82) is 0 Å². The molecule has 0 fully saturated rings. The molecule has 2 nitrogen and oxygen atoms in total. The van der Waals surface area contributed by atoms with Crippen molar-refractivity contribution in [2.24, 2.45) is 5.41 Å². The van der Waals surface area contributed by atoms with E-state index in [1.807, 2.05) is 12.1 Å². The number of nitrogens with one attached hydrogen (secondary N) is 1. The zero-order valence-corrected chi connectivity index (χ0v) is 12.7. The average Bonchev–Trinajstić information content (AvgIpc) is 2.27. The molecule has 0 spiro atoms. The van der Waals surface area contributed by atoms with E-state index in [-0.39, 0.29) is 11.2 Å². The Kier molecular flexibility index (Phi) is 2.83. The third-order valence-corrected chi connectivity index (χ3v) is 5.18. The molecule has 0 aromatic heterocycles. The molecule has 0 saturated heterocycles. The van der Waals surface area contributed by atoms with Crippen molar-refractivity contribution < 1.29 is 4.79 Å². The summed E-state index contributed by atoms with van der Waals surface area (Å²) in [6, 6.07) is 6.07. The third-order valence-electron chi connectivity index (χ3n) is 3.29. The fourth-order valence-electron chi connectivity index (χ4n) is 2.50. The monoisotopic (exact) mass is 323 g/mol. The van der Waals surface area contributed by atoms with Crippen molar-refractivity contribution in [1.82, 2.24) is 0 Å². The minimum absolute atomic E-state index is 0.0578. The lowest BCUT2D eigenvalue weighted by Gasteiger charge is -2.35. The van der Waals surface area contributed by atoms with E-state index in [2.05, 4.69) is 41.2 Å². The largest absolute Gasteiger partial charge is 0.356 e. The lowest BCUT2D eigenvalue weighted by molar-refractivity contribution is -0.117. The van der Waals surface area contributed by atoms with E-state index in [0.717, 1.165) is 32.1 Å². The van der Waals surface area contributed by atoms with Crippen LogP contribution in [-0.4, -0.2) is 5.78 Å². The van der Waals surface area contributed by atoms with Crippen molar-refractivity contribution in [2.45, 2.75) is 31.6 Å². The van der Waals surface area contributed by atoms with Gasteiger partial charge >= 0.3 is 0 Å². The predicted octanol–water partition coefficient (Wildman–Crippen LogP) is 4.57. The van der Waals surface area contributed by atoms with E-state index in [0.29, 0.717) is 6.42 Å². The molecule has 0 amide bonds. The van der Waals surface area contributed by atoms with E-state index in [4.69, 9.17) is 0 Å². The van der Waals surface area contributed by atoms with Crippen molar-refractivity contribution in [3.8, 4) is 0 Å². The van der Waals surface area contributed by atoms with E-state index in [1.165, 1.54) is 0 Å². The van der Waals surface area contributed by atoms with Gasteiger partial charge in [-0.3, -0.25) is 4.79 Å². The Morgan fingerprint density at radius 3 is 2.89 bits per heavy atom. The van der Waals surface area contributed by atoms with Crippen molar-refractivity contribution >= 4 is 39.2 Å². The summed E-state index contributed by atoms with van der Waals surface area (Å²) in [7, 11) is 0. The maximum absolute atomic E-state index is 12.2. The topological polar surface area (TPSA) is 29.1 Å². The van der Waals surface area contributed by atoms with E-state index in [1.54, 1.807) is 11.8 Å². The maximum atomic E-state index is 12.2. The Bertz CT molecular complexity index is 577. The molecule has 1 heterocycles. The van der Waals surface area contributed by atoms with E-state index in [9.17, 15) is 4.79 Å². The fraction of sp³-hybridized carbons (Fsp3) is 0.357. The van der Waals surface area contributed by atoms with Crippen LogP contribution in [0.5, 0.6) is 0 Å². The van der Waals surface area contributed by atoms with Crippen LogP contribution in [0.15, 0.2) is 38.2 Å². The molecular formula is C14H14BrNOS. The number of benzene rings is 1. The van der Waals surface area contributed by atoms with Gasteiger partial charge in [0.15, 0.2) is 5.78 Å². The molecule has 18 heavy (non-hydrogen) atoms. The molecule has 1 aromatic carbocycles. The molecule has 0 bridgehead atoms. The Balaban J connectivity index is 2.05. The van der Waals surface area contributed by atoms with Gasteiger partial charge in [0.25, 0.3) is 0 Å². The number of fused-ring (bicyclic) bond motifs is 1. The van der Waals surface area contributed by atoms with Crippen LogP contribution in [0.4, 0.5) is 5.69 Å². The Morgan fingerprint density at radius 1 is 1.33 bits per heavy atom. The molecule has 4 heteroatoms. The second kappa shape index (κ2) is 4.14. The summed E-state index contributed by atoms with van der Waals surface area (Å²) in [5.74, 6) is 0.268. The van der Waals surface area contributed by atoms with Crippen LogP contribution in [0.2, 0.25) is 0 Å². The number of hydrogen-bond donors (Lipinski definition) is 1. The van der Waals surface area contributed by atoms with Gasteiger partial charge in [-0.2, -0.15) is 0 Å². The second-order valence-electron chi connectivity index (χ2n) is 5.59. The summed E-state index contributed by atoms with van der Waals surface area (Å²) in [5, 5.41) is 3.44. The van der Waals surface area contributed by atoms with Gasteiger partial charge in [-0.15, -0.1) is 0 Å². The first-order valence-corrected chi connectivity index (χ1v) is 7.57. The molecule has 0 unspecified atom stereocenters. The number of carbonyl (C=O) groups is 1. The number of Topliss-reactive ketones (excluding diaryl/α,β-unsaturated/α-hetero) is 1. The van der Waals surface area contributed by atoms with Gasteiger partial charge in [0.2, 0.25) is 0 Å². The van der Waals surface area contributed by atoms with Gasteiger partial charge in [0.05, 0.1) is 10.6 Å². The zero-order valence-electron chi connectivity index (χ0n) is 10.3. The number of anilines is 1. The number of hydrogen-bond acceptors (Lipinski definition) is 3. The maximum Gasteiger partial charge on any atom is 0.171 e. The fourth-order valence-corrected chi connectivity index (χ4v) is 4.15. The summed E-state index contributed by atoms with van der Waals surface area (Å²) in [4.78, 5) is 14.2. The number of thioether (sulfide) groups is 1. The van der Waals surface area contributed by atoms with Crippen molar-refractivity contribution in [2.75, 3.05) is 5.32 Å². The molecule has 1 N–H and O–H groups in total. The van der Waals surface area contributed by atoms with Crippen LogP contribution in [0, 0.1) is 5.41 Å². The summed E-state index contributed by atoms with van der Waals surface area (Å²) < 4.78 is 1.05. The lowest BCUT2D eigenvalue weighted by atomic mass is 9.78. The lowest BCUT2D eigenvalue weighted by Crippen LogP contribution is -2.29. The van der Waals surface area contributed by atoms with E-state index >= 15 is 0 Å². The number of allylic oxidation sites excluding steroid dienone is 2. The van der Waals surface area contributed by atoms with Gasteiger partial charge in [-0.05, 0) is 39.9 Å². The number of para-hydroxylation sites is 1. The summed E-state index contributed by atoms with van der Waals surface area (Å²) in [5.41, 5.74) is 2.23. The smallest absolute Gasteiger partial charge is 0.171 e. The first kappa shape index (κ1) is 12.3.